The van der Waals surface area contributed by atoms with Crippen LogP contribution in [0.15, 0.2) is 29.3 Å². The third-order valence-corrected chi connectivity index (χ3v) is 2.74. The lowest BCUT2D eigenvalue weighted by Gasteiger charge is -2.19. The van der Waals surface area contributed by atoms with E-state index >= 15 is 0 Å². The highest BCUT2D eigenvalue weighted by Crippen LogP contribution is 2.22. The van der Waals surface area contributed by atoms with Crippen LogP contribution >= 0.6 is 0 Å². The van der Waals surface area contributed by atoms with Crippen molar-refractivity contribution in [3.8, 4) is 0 Å². The van der Waals surface area contributed by atoms with Crippen LogP contribution in [0.4, 0.5) is 0 Å². The van der Waals surface area contributed by atoms with E-state index in [4.69, 9.17) is 11.5 Å². The topological polar surface area (TPSA) is 64.4 Å². The van der Waals surface area contributed by atoms with Gasteiger partial charge in [0.15, 0.2) is 5.96 Å². The number of guanidine groups is 1. The van der Waals surface area contributed by atoms with Crippen molar-refractivity contribution in [2.24, 2.45) is 16.5 Å². The van der Waals surface area contributed by atoms with E-state index in [1.807, 2.05) is 0 Å². The van der Waals surface area contributed by atoms with Crippen LogP contribution < -0.4 is 11.5 Å². The van der Waals surface area contributed by atoms with Crippen LogP contribution in [0.5, 0.6) is 0 Å². The first kappa shape index (κ1) is 13.6. The Bertz CT molecular complexity index is 367. The molecule has 94 valence electrons. The Hall–Kier alpha value is -1.51. The van der Waals surface area contributed by atoms with Crippen LogP contribution in [0.2, 0.25) is 0 Å². The normalized spacial score (nSPS) is 11.2. The molecule has 0 aliphatic carbocycles. The van der Waals surface area contributed by atoms with Gasteiger partial charge in [0.05, 0.1) is 0 Å². The van der Waals surface area contributed by atoms with Gasteiger partial charge in [-0.1, -0.05) is 45.0 Å². The van der Waals surface area contributed by atoms with E-state index in [0.29, 0.717) is 6.54 Å². The van der Waals surface area contributed by atoms with E-state index in [1.165, 1.54) is 11.1 Å². The molecule has 0 aliphatic rings. The summed E-state index contributed by atoms with van der Waals surface area (Å²) in [7, 11) is 0. The van der Waals surface area contributed by atoms with Gasteiger partial charge in [-0.15, -0.1) is 0 Å². The highest BCUT2D eigenvalue weighted by Gasteiger charge is 2.12. The van der Waals surface area contributed by atoms with E-state index in [9.17, 15) is 0 Å². The average molecular weight is 233 g/mol. The van der Waals surface area contributed by atoms with Gasteiger partial charge in [-0.25, -0.2) is 0 Å². The lowest BCUT2D eigenvalue weighted by molar-refractivity contribution is 0.590. The van der Waals surface area contributed by atoms with Crippen molar-refractivity contribution < 1.29 is 0 Å². The summed E-state index contributed by atoms with van der Waals surface area (Å²) in [5.41, 5.74) is 13.5. The third kappa shape index (κ3) is 4.89. The van der Waals surface area contributed by atoms with Gasteiger partial charge in [-0.2, -0.15) is 0 Å². The zero-order chi connectivity index (χ0) is 12.9. The van der Waals surface area contributed by atoms with Crippen LogP contribution in [-0.2, 0) is 11.8 Å². The van der Waals surface area contributed by atoms with Crippen LogP contribution in [0, 0.1) is 0 Å². The second kappa shape index (κ2) is 5.71. The number of aryl methyl sites for hydroxylation is 1. The molecule has 0 aromatic heterocycles. The Morgan fingerprint density at radius 2 is 1.71 bits per heavy atom. The molecular weight excluding hydrogens is 210 g/mol. The minimum Gasteiger partial charge on any atom is -0.370 e. The van der Waals surface area contributed by atoms with Crippen LogP contribution in [0.3, 0.4) is 0 Å². The minimum atomic E-state index is 0.174. The molecule has 0 heterocycles. The molecule has 0 saturated carbocycles. The lowest BCUT2D eigenvalue weighted by Crippen LogP contribution is -2.23. The second-order valence-corrected chi connectivity index (χ2v) is 5.36. The van der Waals surface area contributed by atoms with E-state index < -0.39 is 0 Å². The molecule has 0 bridgehead atoms. The van der Waals surface area contributed by atoms with Gasteiger partial charge < -0.3 is 11.5 Å². The summed E-state index contributed by atoms with van der Waals surface area (Å²) in [6.07, 6.45) is 1.99. The molecule has 1 aromatic rings. The molecule has 0 radical (unpaired) electrons. The summed E-state index contributed by atoms with van der Waals surface area (Å²) in [6.45, 7) is 7.37. The predicted molar refractivity (Wildman–Crippen MR) is 74.1 cm³/mol. The molecule has 0 fully saturated rings. The molecule has 0 atom stereocenters. The average Bonchev–Trinajstić information content (AvgIpc) is 2.23. The van der Waals surface area contributed by atoms with Crippen molar-refractivity contribution in [1.29, 1.82) is 0 Å². The van der Waals surface area contributed by atoms with Gasteiger partial charge in [0.25, 0.3) is 0 Å². The monoisotopic (exact) mass is 233 g/mol. The van der Waals surface area contributed by atoms with Crippen molar-refractivity contribution in [3.63, 3.8) is 0 Å². The number of nitrogens with two attached hydrogens (primary N) is 2. The Labute approximate surface area is 104 Å². The first-order valence-corrected chi connectivity index (χ1v) is 6.04. The first-order valence-electron chi connectivity index (χ1n) is 6.04. The maximum atomic E-state index is 5.27. The van der Waals surface area contributed by atoms with E-state index in [2.05, 4.69) is 50.0 Å². The third-order valence-electron chi connectivity index (χ3n) is 2.74. The number of aliphatic imine (C=N–C) groups is 1. The molecule has 3 heteroatoms. The van der Waals surface area contributed by atoms with Crippen molar-refractivity contribution in [2.45, 2.75) is 39.0 Å². The van der Waals surface area contributed by atoms with Crippen LogP contribution in [0.25, 0.3) is 0 Å². The molecule has 17 heavy (non-hydrogen) atoms. The Morgan fingerprint density at radius 3 is 2.18 bits per heavy atom. The molecule has 1 aromatic carbocycles. The molecular formula is C14H23N3. The number of hydrogen-bond donors (Lipinski definition) is 2. The fourth-order valence-electron chi connectivity index (χ4n) is 1.66. The maximum absolute atomic E-state index is 5.27. The van der Waals surface area contributed by atoms with E-state index in [0.717, 1.165) is 12.8 Å². The van der Waals surface area contributed by atoms with Crippen LogP contribution in [-0.4, -0.2) is 12.5 Å². The number of hydrogen-bond acceptors (Lipinski definition) is 1. The largest absolute Gasteiger partial charge is 0.370 e. The quantitative estimate of drug-likeness (QED) is 0.475. The smallest absolute Gasteiger partial charge is 0.185 e. The summed E-state index contributed by atoms with van der Waals surface area (Å²) in [6, 6.07) is 8.79. The molecule has 0 amide bonds. The molecule has 0 saturated heterocycles. The maximum Gasteiger partial charge on any atom is 0.185 e. The zero-order valence-corrected chi connectivity index (χ0v) is 11.0. The lowest BCUT2D eigenvalue weighted by atomic mass is 9.86. The van der Waals surface area contributed by atoms with Gasteiger partial charge in [-0.05, 0) is 29.4 Å². The van der Waals surface area contributed by atoms with Crippen molar-refractivity contribution in [2.75, 3.05) is 6.54 Å². The molecule has 0 unspecified atom stereocenters. The standard InChI is InChI=1S/C14H23N3/c1-14(2,3)12-8-6-11(7-9-12)5-4-10-17-13(15)16/h6-9H,4-5,10H2,1-3H3,(H4,15,16,17). The molecule has 0 spiro atoms. The fraction of sp³-hybridized carbons (Fsp3) is 0.500. The second-order valence-electron chi connectivity index (χ2n) is 5.36. The molecule has 4 N–H and O–H groups in total. The van der Waals surface area contributed by atoms with Gasteiger partial charge in [0.2, 0.25) is 0 Å². The Balaban J connectivity index is 2.49. The van der Waals surface area contributed by atoms with Crippen molar-refractivity contribution in [1.82, 2.24) is 0 Å². The SMILES string of the molecule is CC(C)(C)c1ccc(CCCN=C(N)N)cc1. The zero-order valence-electron chi connectivity index (χ0n) is 11.0. The fourth-order valence-corrected chi connectivity index (χ4v) is 1.66. The van der Waals surface area contributed by atoms with Gasteiger partial charge in [0.1, 0.15) is 0 Å². The summed E-state index contributed by atoms with van der Waals surface area (Å²) in [4.78, 5) is 3.97. The minimum absolute atomic E-state index is 0.174. The summed E-state index contributed by atoms with van der Waals surface area (Å²) >= 11 is 0. The highest BCUT2D eigenvalue weighted by molar-refractivity contribution is 5.75. The van der Waals surface area contributed by atoms with Gasteiger partial charge in [-0.3, -0.25) is 4.99 Å². The Morgan fingerprint density at radius 1 is 1.12 bits per heavy atom. The predicted octanol–water partition coefficient (Wildman–Crippen LogP) is 2.19. The van der Waals surface area contributed by atoms with Crippen LogP contribution in [0.1, 0.15) is 38.3 Å². The molecule has 3 nitrogen and oxygen atoms in total. The van der Waals surface area contributed by atoms with E-state index in [1.54, 1.807) is 0 Å². The van der Waals surface area contributed by atoms with Gasteiger partial charge >= 0.3 is 0 Å². The van der Waals surface area contributed by atoms with Crippen molar-refractivity contribution in [3.05, 3.63) is 35.4 Å². The summed E-state index contributed by atoms with van der Waals surface area (Å²) in [5.74, 6) is 0.174. The number of rotatable bonds is 4. The summed E-state index contributed by atoms with van der Waals surface area (Å²) < 4.78 is 0. The van der Waals surface area contributed by atoms with Crippen molar-refractivity contribution >= 4 is 5.96 Å². The molecule has 0 aliphatic heterocycles. The summed E-state index contributed by atoms with van der Waals surface area (Å²) in [5, 5.41) is 0. The number of nitrogens with zero attached hydrogens (tertiary/aromatic N) is 1. The number of benzene rings is 1. The van der Waals surface area contributed by atoms with Gasteiger partial charge in [0, 0.05) is 6.54 Å². The highest BCUT2D eigenvalue weighted by atomic mass is 15.0. The Kier molecular flexibility index (Phi) is 4.55. The first-order chi connectivity index (χ1) is 7.89. The van der Waals surface area contributed by atoms with E-state index in [-0.39, 0.29) is 11.4 Å². The molecule has 1 rings (SSSR count).